The zero-order valence-corrected chi connectivity index (χ0v) is 16.7. The van der Waals surface area contributed by atoms with Gasteiger partial charge in [-0.3, -0.25) is 0 Å². The van der Waals surface area contributed by atoms with E-state index >= 15 is 0 Å². The first-order chi connectivity index (χ1) is 7.18. The fourth-order valence-corrected chi connectivity index (χ4v) is 1.57. The number of rotatable bonds is 0. The summed E-state index contributed by atoms with van der Waals surface area (Å²) >= 11 is 0. The molecular formula is C11H22N2O2W2-2. The molecular weight excluding hydrogens is 560 g/mol. The first-order valence-corrected chi connectivity index (χ1v) is 5.72. The Morgan fingerprint density at radius 3 is 1.59 bits per heavy atom. The molecule has 2 aliphatic rings. The second kappa shape index (κ2) is 12.3. The summed E-state index contributed by atoms with van der Waals surface area (Å²) in [5.41, 5.74) is 0. The molecule has 0 aliphatic carbocycles. The third-order valence-electron chi connectivity index (χ3n) is 2.28. The Balaban J connectivity index is 0. The zero-order chi connectivity index (χ0) is 11.1. The molecule has 2 heterocycles. The smallest absolute Gasteiger partial charge is 0.0362 e. The molecule has 2 fully saturated rings. The van der Waals surface area contributed by atoms with E-state index in [0.717, 1.165) is 32.8 Å². The molecule has 2 rings (SSSR count). The van der Waals surface area contributed by atoms with Gasteiger partial charge in [-0.1, -0.05) is 0 Å². The maximum Gasteiger partial charge on any atom is 0.0362 e. The van der Waals surface area contributed by atoms with Crippen LogP contribution in [0.4, 0.5) is 0 Å². The third-order valence-corrected chi connectivity index (χ3v) is 2.28. The molecule has 0 N–H and O–H groups in total. The summed E-state index contributed by atoms with van der Waals surface area (Å²) < 4.78 is 10.6. The molecule has 0 saturated carbocycles. The van der Waals surface area contributed by atoms with Crippen LogP contribution in [0.25, 0.3) is 10.6 Å². The zero-order valence-electron chi connectivity index (χ0n) is 10.8. The molecule has 3 unspecified atom stereocenters. The second-order valence-corrected chi connectivity index (χ2v) is 4.16. The van der Waals surface area contributed by atoms with Gasteiger partial charge in [0.15, 0.2) is 0 Å². The van der Waals surface area contributed by atoms with Crippen LogP contribution in [0.2, 0.25) is 0 Å². The van der Waals surface area contributed by atoms with Crippen molar-refractivity contribution in [2.45, 2.75) is 39.1 Å². The van der Waals surface area contributed by atoms with E-state index in [1.54, 1.807) is 0 Å². The first kappa shape index (κ1) is 20.5. The summed E-state index contributed by atoms with van der Waals surface area (Å²) in [7, 11) is 0. The van der Waals surface area contributed by atoms with Crippen molar-refractivity contribution in [3.8, 4) is 0 Å². The molecule has 17 heavy (non-hydrogen) atoms. The van der Waals surface area contributed by atoms with E-state index in [0.29, 0.717) is 18.3 Å². The SMILES string of the molecule is CC1C[N-]CC(C)O1.CC1C[N-]CCO1.[W].[W]. The average Bonchev–Trinajstić information content (AvgIpc) is 2.19. The standard InChI is InChI=1S/C6H12NO.C5H10NO.2W/c1-5-3-7-4-6(2)8-5;1-5-4-6-2-3-7-5;;/h5-6H,3-4H2,1-2H3;5H,2-4H2,1H3;;/q2*-1;;. The van der Waals surface area contributed by atoms with Gasteiger partial charge in [0.2, 0.25) is 0 Å². The van der Waals surface area contributed by atoms with Crippen molar-refractivity contribution >= 4 is 0 Å². The van der Waals surface area contributed by atoms with E-state index in [1.165, 1.54) is 0 Å². The molecule has 0 aromatic carbocycles. The Kier molecular flexibility index (Phi) is 14.8. The van der Waals surface area contributed by atoms with E-state index in [4.69, 9.17) is 9.47 Å². The van der Waals surface area contributed by atoms with Crippen molar-refractivity contribution in [2.75, 3.05) is 32.8 Å². The molecule has 0 spiro atoms. The Labute approximate surface area is 133 Å². The molecule has 0 bridgehead atoms. The summed E-state index contributed by atoms with van der Waals surface area (Å²) in [5, 5.41) is 8.35. The van der Waals surface area contributed by atoms with Crippen molar-refractivity contribution in [2.24, 2.45) is 0 Å². The van der Waals surface area contributed by atoms with Crippen LogP contribution in [0.1, 0.15) is 20.8 Å². The van der Waals surface area contributed by atoms with Gasteiger partial charge in [-0.15, -0.1) is 26.2 Å². The molecule has 0 aromatic heterocycles. The van der Waals surface area contributed by atoms with Crippen molar-refractivity contribution < 1.29 is 51.6 Å². The third kappa shape index (κ3) is 10.8. The number of hydrogen-bond acceptors (Lipinski definition) is 2. The largest absolute Gasteiger partial charge is 0.658 e. The summed E-state index contributed by atoms with van der Waals surface area (Å²) in [6.07, 6.45) is 1.06. The van der Waals surface area contributed by atoms with Gasteiger partial charge in [0.1, 0.15) is 0 Å². The van der Waals surface area contributed by atoms with Crippen LogP contribution in [0, 0.1) is 0 Å². The number of ether oxygens (including phenoxy) is 2. The summed E-state index contributed by atoms with van der Waals surface area (Å²) in [6, 6.07) is 0. The quantitative estimate of drug-likeness (QED) is 0.439. The molecule has 4 nitrogen and oxygen atoms in total. The van der Waals surface area contributed by atoms with Gasteiger partial charge in [-0.2, -0.15) is 0 Å². The van der Waals surface area contributed by atoms with Gasteiger partial charge in [0.05, 0.1) is 0 Å². The maximum atomic E-state index is 5.39. The summed E-state index contributed by atoms with van der Waals surface area (Å²) in [5.74, 6) is 0. The maximum absolute atomic E-state index is 5.39. The molecule has 0 aromatic rings. The van der Waals surface area contributed by atoms with Gasteiger partial charge in [0, 0.05) is 67.0 Å². The molecule has 0 amide bonds. The van der Waals surface area contributed by atoms with Crippen molar-refractivity contribution in [3.05, 3.63) is 10.6 Å². The van der Waals surface area contributed by atoms with E-state index in [9.17, 15) is 0 Å². The number of nitrogens with zero attached hydrogens (tertiary/aromatic N) is 2. The Hall–Kier alpha value is 1.22. The second-order valence-electron chi connectivity index (χ2n) is 4.16. The minimum absolute atomic E-state index is 0. The summed E-state index contributed by atoms with van der Waals surface area (Å²) in [4.78, 5) is 0. The number of morpholine rings is 2. The Bertz CT molecular complexity index is 162. The number of hydrogen-bond donors (Lipinski definition) is 0. The minimum atomic E-state index is 0. The minimum Gasteiger partial charge on any atom is -0.658 e. The predicted octanol–water partition coefficient (Wildman–Crippen LogP) is 1.94. The van der Waals surface area contributed by atoms with E-state index in [-0.39, 0.29) is 42.1 Å². The van der Waals surface area contributed by atoms with Crippen molar-refractivity contribution in [1.29, 1.82) is 0 Å². The van der Waals surface area contributed by atoms with Crippen LogP contribution >= 0.6 is 0 Å². The molecule has 6 heteroatoms. The van der Waals surface area contributed by atoms with Gasteiger partial charge in [-0.25, -0.2) is 0 Å². The van der Waals surface area contributed by atoms with Crippen LogP contribution < -0.4 is 0 Å². The Morgan fingerprint density at radius 1 is 0.824 bits per heavy atom. The fraction of sp³-hybridized carbons (Fsp3) is 1.00. The van der Waals surface area contributed by atoms with Gasteiger partial charge < -0.3 is 20.1 Å². The monoisotopic (exact) mass is 582 g/mol. The van der Waals surface area contributed by atoms with E-state index < -0.39 is 0 Å². The molecule has 3 atom stereocenters. The first-order valence-electron chi connectivity index (χ1n) is 5.72. The molecule has 2 aliphatic heterocycles. The molecule has 2 saturated heterocycles. The van der Waals surface area contributed by atoms with Crippen LogP contribution in [0.5, 0.6) is 0 Å². The van der Waals surface area contributed by atoms with Gasteiger partial charge in [-0.05, 0) is 20.8 Å². The van der Waals surface area contributed by atoms with Crippen molar-refractivity contribution in [3.63, 3.8) is 0 Å². The normalized spacial score (nSPS) is 32.3. The van der Waals surface area contributed by atoms with Gasteiger partial charge >= 0.3 is 0 Å². The van der Waals surface area contributed by atoms with Crippen molar-refractivity contribution in [1.82, 2.24) is 0 Å². The van der Waals surface area contributed by atoms with Crippen LogP contribution in [0.15, 0.2) is 0 Å². The predicted molar refractivity (Wildman–Crippen MR) is 61.6 cm³/mol. The average molecular weight is 582 g/mol. The van der Waals surface area contributed by atoms with Crippen LogP contribution in [-0.4, -0.2) is 51.1 Å². The van der Waals surface area contributed by atoms with E-state index in [2.05, 4.69) is 24.5 Å². The van der Waals surface area contributed by atoms with Crippen LogP contribution in [0.3, 0.4) is 0 Å². The molecule has 0 radical (unpaired) electrons. The van der Waals surface area contributed by atoms with Gasteiger partial charge in [0.25, 0.3) is 0 Å². The van der Waals surface area contributed by atoms with Crippen LogP contribution in [-0.2, 0) is 51.6 Å². The fourth-order valence-electron chi connectivity index (χ4n) is 1.57. The Morgan fingerprint density at radius 2 is 1.35 bits per heavy atom. The molecule has 102 valence electrons. The summed E-state index contributed by atoms with van der Waals surface area (Å²) in [6.45, 7) is 10.5. The topological polar surface area (TPSA) is 46.7 Å². The van der Waals surface area contributed by atoms with E-state index in [1.807, 2.05) is 6.92 Å².